The largest absolute Gasteiger partial charge is 0.417 e. The van der Waals surface area contributed by atoms with Gasteiger partial charge in [-0.05, 0) is 24.3 Å². The molecule has 0 aliphatic heterocycles. The molecular weight excluding hydrogens is 510 g/mol. The van der Waals surface area contributed by atoms with E-state index in [0.717, 1.165) is 53.4 Å². The molecule has 9 aromatic heterocycles. The second-order valence-electron chi connectivity index (χ2n) is 9.02. The number of hydrogen-bond acceptors (Lipinski definition) is 10. The Morgan fingerprint density at radius 2 is 1.64 bits per heavy atom. The van der Waals surface area contributed by atoms with Gasteiger partial charge < -0.3 is 4.42 Å². The van der Waals surface area contributed by atoms with Gasteiger partial charge in [-0.2, -0.15) is 0 Å². The number of nitrogens with zero attached hydrogens (tertiary/aromatic N) is 9. The second-order valence-corrected chi connectivity index (χ2v) is 10.1. The van der Waals surface area contributed by atoms with Crippen LogP contribution in [0.25, 0.3) is 81.5 Å². The highest BCUT2D eigenvalue weighted by molar-refractivity contribution is 7.25. The molecule has 0 saturated carbocycles. The zero-order chi connectivity index (χ0) is 25.5. The maximum absolute atomic E-state index is 5.78. The number of fused-ring (bicyclic) bond motifs is 9. The van der Waals surface area contributed by atoms with Crippen molar-refractivity contribution in [2.45, 2.75) is 0 Å². The molecule has 0 aliphatic rings. The minimum Gasteiger partial charge on any atom is -0.417 e. The van der Waals surface area contributed by atoms with Gasteiger partial charge in [0, 0.05) is 59.7 Å². The molecule has 0 aromatic carbocycles. The van der Waals surface area contributed by atoms with Crippen molar-refractivity contribution in [1.82, 2.24) is 44.4 Å². The maximum Gasteiger partial charge on any atom is 0.248 e. The Morgan fingerprint density at radius 3 is 2.64 bits per heavy atom. The van der Waals surface area contributed by atoms with E-state index in [4.69, 9.17) is 19.4 Å². The highest BCUT2D eigenvalue weighted by Crippen LogP contribution is 2.42. The lowest BCUT2D eigenvalue weighted by Crippen LogP contribution is -1.99. The fourth-order valence-electron chi connectivity index (χ4n) is 5.36. The van der Waals surface area contributed by atoms with Gasteiger partial charge in [-0.3, -0.25) is 24.5 Å². The van der Waals surface area contributed by atoms with E-state index in [2.05, 4.69) is 29.5 Å². The molecule has 9 rings (SSSR count). The summed E-state index contributed by atoms with van der Waals surface area (Å²) < 4.78 is 10.0. The molecule has 0 atom stereocenters. The standard InChI is InChI=1S/C28H13N9OS/c1-2-18-26(32-5-1)23-17(37(18)21-12-34-28-25(36-21)16-9-31-13-35-27(16)38-28)4-7-33-24(23)15-8-30-11-20-22(15)14-3-6-29-10-19(14)39-20/h1-13H. The molecule has 0 radical (unpaired) electrons. The monoisotopic (exact) mass is 523 g/mol. The summed E-state index contributed by atoms with van der Waals surface area (Å²) in [7, 11) is 0. The third kappa shape index (κ3) is 2.79. The van der Waals surface area contributed by atoms with Crippen LogP contribution in [0.2, 0.25) is 0 Å². The van der Waals surface area contributed by atoms with Crippen molar-refractivity contribution in [3.63, 3.8) is 0 Å². The molecule has 11 heteroatoms. The van der Waals surface area contributed by atoms with Crippen molar-refractivity contribution in [3.05, 3.63) is 80.2 Å². The molecule has 0 spiro atoms. The van der Waals surface area contributed by atoms with Crippen LogP contribution in [0, 0.1) is 0 Å². The van der Waals surface area contributed by atoms with Crippen LogP contribution >= 0.6 is 11.3 Å². The summed E-state index contributed by atoms with van der Waals surface area (Å²) in [5, 5.41) is 3.86. The summed E-state index contributed by atoms with van der Waals surface area (Å²) in [6.45, 7) is 0. The zero-order valence-electron chi connectivity index (χ0n) is 19.8. The Balaban J connectivity index is 1.39. The Bertz CT molecular complexity index is 2420. The lowest BCUT2D eigenvalue weighted by molar-refractivity contribution is 0.637. The first kappa shape index (κ1) is 20.6. The molecule has 39 heavy (non-hydrogen) atoms. The number of thiophene rings is 1. The summed E-state index contributed by atoms with van der Waals surface area (Å²) >= 11 is 1.67. The smallest absolute Gasteiger partial charge is 0.248 e. The normalized spacial score (nSPS) is 12.1. The molecular formula is C28H13N9OS. The van der Waals surface area contributed by atoms with Crippen molar-refractivity contribution in [3.8, 4) is 17.1 Å². The highest BCUT2D eigenvalue weighted by Gasteiger charge is 2.22. The quantitative estimate of drug-likeness (QED) is 0.273. The van der Waals surface area contributed by atoms with Crippen molar-refractivity contribution >= 4 is 75.8 Å². The van der Waals surface area contributed by atoms with E-state index in [1.807, 2.05) is 55.2 Å². The van der Waals surface area contributed by atoms with Gasteiger partial charge in [-0.15, -0.1) is 11.3 Å². The minimum atomic E-state index is 0.409. The summed E-state index contributed by atoms with van der Waals surface area (Å²) in [6, 6.07) is 7.97. The second kappa shape index (κ2) is 7.55. The summed E-state index contributed by atoms with van der Waals surface area (Å²) in [5.41, 5.74) is 5.82. The van der Waals surface area contributed by atoms with Crippen LogP contribution in [0.4, 0.5) is 0 Å². The maximum atomic E-state index is 5.78. The Kier molecular flexibility index (Phi) is 3.99. The molecule has 0 unspecified atom stereocenters. The van der Waals surface area contributed by atoms with E-state index in [1.54, 1.807) is 29.9 Å². The van der Waals surface area contributed by atoms with Crippen molar-refractivity contribution in [2.75, 3.05) is 0 Å². The average Bonchev–Trinajstić information content (AvgIpc) is 3.66. The van der Waals surface area contributed by atoms with Crippen molar-refractivity contribution in [2.24, 2.45) is 0 Å². The van der Waals surface area contributed by atoms with Crippen LogP contribution in [0.1, 0.15) is 0 Å². The van der Waals surface area contributed by atoms with Crippen LogP contribution < -0.4 is 0 Å². The Morgan fingerprint density at radius 1 is 0.667 bits per heavy atom. The topological polar surface area (TPSA) is 121 Å². The number of pyridine rings is 4. The first-order valence-electron chi connectivity index (χ1n) is 12.1. The van der Waals surface area contributed by atoms with Crippen LogP contribution in [0.15, 0.2) is 84.6 Å². The number of hydrogen-bond donors (Lipinski definition) is 0. The molecule has 0 bridgehead atoms. The number of aromatic nitrogens is 9. The molecule has 0 N–H and O–H groups in total. The van der Waals surface area contributed by atoms with Gasteiger partial charge in [0.05, 0.1) is 48.6 Å². The van der Waals surface area contributed by atoms with Gasteiger partial charge in [-0.25, -0.2) is 19.9 Å². The lowest BCUT2D eigenvalue weighted by atomic mass is 10.0. The van der Waals surface area contributed by atoms with E-state index >= 15 is 0 Å². The van der Waals surface area contributed by atoms with Crippen LogP contribution in [0.5, 0.6) is 0 Å². The van der Waals surface area contributed by atoms with Gasteiger partial charge in [0.2, 0.25) is 11.4 Å². The van der Waals surface area contributed by atoms with E-state index < -0.39 is 0 Å². The Labute approximate surface area is 221 Å². The first-order chi connectivity index (χ1) is 19.3. The zero-order valence-corrected chi connectivity index (χ0v) is 20.7. The molecule has 182 valence electrons. The Hall–Kier alpha value is -5.42. The molecule has 0 amide bonds. The molecule has 9 heterocycles. The first-order valence-corrected chi connectivity index (χ1v) is 12.9. The van der Waals surface area contributed by atoms with E-state index in [0.29, 0.717) is 28.1 Å². The molecule has 9 aromatic rings. The van der Waals surface area contributed by atoms with Gasteiger partial charge in [0.1, 0.15) is 11.8 Å². The summed E-state index contributed by atoms with van der Waals surface area (Å²) in [4.78, 5) is 36.4. The third-order valence-electron chi connectivity index (χ3n) is 6.95. The van der Waals surface area contributed by atoms with Crippen LogP contribution in [-0.2, 0) is 0 Å². The molecule has 0 aliphatic carbocycles. The van der Waals surface area contributed by atoms with E-state index in [-0.39, 0.29) is 0 Å². The summed E-state index contributed by atoms with van der Waals surface area (Å²) in [5.74, 6) is 0.627. The average molecular weight is 524 g/mol. The van der Waals surface area contributed by atoms with E-state index in [1.165, 1.54) is 6.33 Å². The van der Waals surface area contributed by atoms with Crippen molar-refractivity contribution in [1.29, 1.82) is 0 Å². The van der Waals surface area contributed by atoms with Gasteiger partial charge >= 0.3 is 0 Å². The molecule has 0 saturated heterocycles. The third-order valence-corrected chi connectivity index (χ3v) is 8.03. The van der Waals surface area contributed by atoms with Crippen molar-refractivity contribution < 1.29 is 4.42 Å². The van der Waals surface area contributed by atoms with Gasteiger partial charge in [0.25, 0.3) is 0 Å². The lowest BCUT2D eigenvalue weighted by Gasteiger charge is -2.08. The predicted molar refractivity (Wildman–Crippen MR) is 149 cm³/mol. The minimum absolute atomic E-state index is 0.409. The van der Waals surface area contributed by atoms with Crippen LogP contribution in [0.3, 0.4) is 0 Å². The SMILES string of the molecule is c1cnc2c3c(-c4cncc5sc6cnccc6c45)nccc3n(-c3cnc4oc5ncncc5c4n3)c2c1. The molecule has 0 fully saturated rings. The predicted octanol–water partition coefficient (Wildman–Crippen LogP) is 5.88. The number of furan rings is 1. The fourth-order valence-corrected chi connectivity index (χ4v) is 6.43. The highest BCUT2D eigenvalue weighted by atomic mass is 32.1. The van der Waals surface area contributed by atoms with Crippen LogP contribution in [-0.4, -0.2) is 44.4 Å². The fraction of sp³-hybridized carbons (Fsp3) is 0. The van der Waals surface area contributed by atoms with E-state index in [9.17, 15) is 0 Å². The van der Waals surface area contributed by atoms with Gasteiger partial charge in [0.15, 0.2) is 5.82 Å². The van der Waals surface area contributed by atoms with Gasteiger partial charge in [-0.1, -0.05) is 0 Å². The number of rotatable bonds is 2. The summed E-state index contributed by atoms with van der Waals surface area (Å²) in [6.07, 6.45) is 15.9. The molecule has 10 nitrogen and oxygen atoms in total.